The van der Waals surface area contributed by atoms with E-state index in [2.05, 4.69) is 27.4 Å². The summed E-state index contributed by atoms with van der Waals surface area (Å²) in [6.45, 7) is 12.1. The van der Waals surface area contributed by atoms with Gasteiger partial charge in [-0.15, -0.1) is 0 Å². The standard InChI is InChI=1S/C25H40O/c1-15(2)22-14-20(16-5-6-16)23-19-8-7-17-13-18(26)9-11-24(17,3)21(19)10-12-25(22,23)4/h16-23,26H,1,5-14H2,2-4H3. The Kier molecular flexibility index (Phi) is 4.00. The van der Waals surface area contributed by atoms with E-state index in [-0.39, 0.29) is 6.10 Å². The minimum absolute atomic E-state index is 0.0167. The average Bonchev–Trinajstić information content (AvgIpc) is 3.37. The van der Waals surface area contributed by atoms with Crippen LogP contribution in [0, 0.1) is 52.3 Å². The highest BCUT2D eigenvalue weighted by Crippen LogP contribution is 2.71. The molecule has 0 amide bonds. The first kappa shape index (κ1) is 17.8. The molecule has 26 heavy (non-hydrogen) atoms. The molecule has 5 rings (SSSR count). The molecule has 0 heterocycles. The van der Waals surface area contributed by atoms with Crippen LogP contribution in [-0.4, -0.2) is 11.2 Å². The maximum absolute atomic E-state index is 10.3. The lowest BCUT2D eigenvalue weighted by Gasteiger charge is -2.61. The third kappa shape index (κ3) is 2.38. The predicted octanol–water partition coefficient (Wildman–Crippen LogP) is 6.22. The summed E-state index contributed by atoms with van der Waals surface area (Å²) in [5, 5.41) is 10.3. The Morgan fingerprint density at radius 2 is 1.62 bits per heavy atom. The first-order chi connectivity index (χ1) is 12.3. The van der Waals surface area contributed by atoms with Crippen LogP contribution in [0.15, 0.2) is 12.2 Å². The van der Waals surface area contributed by atoms with E-state index in [1.54, 1.807) is 0 Å². The Balaban J connectivity index is 1.49. The first-order valence-electron chi connectivity index (χ1n) is 11.7. The number of aliphatic hydroxyl groups is 1. The number of allylic oxidation sites excluding steroid dienone is 1. The molecule has 0 aromatic carbocycles. The van der Waals surface area contributed by atoms with E-state index in [1.807, 2.05) is 0 Å². The zero-order valence-electron chi connectivity index (χ0n) is 17.3. The summed E-state index contributed by atoms with van der Waals surface area (Å²) in [6.07, 6.45) is 13.6. The monoisotopic (exact) mass is 356 g/mol. The highest BCUT2D eigenvalue weighted by molar-refractivity contribution is 5.18. The molecule has 0 bridgehead atoms. The van der Waals surface area contributed by atoms with Gasteiger partial charge in [-0.05, 0) is 123 Å². The van der Waals surface area contributed by atoms with Gasteiger partial charge in [0.25, 0.3) is 0 Å². The number of hydrogen-bond acceptors (Lipinski definition) is 1. The lowest BCUT2D eigenvalue weighted by molar-refractivity contribution is -0.132. The molecule has 9 unspecified atom stereocenters. The molecule has 1 N–H and O–H groups in total. The zero-order chi connectivity index (χ0) is 18.3. The number of hydrogen-bond donors (Lipinski definition) is 1. The fraction of sp³-hybridized carbons (Fsp3) is 0.920. The predicted molar refractivity (Wildman–Crippen MR) is 108 cm³/mol. The van der Waals surface area contributed by atoms with E-state index in [1.165, 1.54) is 56.9 Å². The van der Waals surface area contributed by atoms with Gasteiger partial charge in [-0.3, -0.25) is 0 Å². The average molecular weight is 357 g/mol. The van der Waals surface area contributed by atoms with E-state index < -0.39 is 0 Å². The molecule has 5 aliphatic rings. The number of fused-ring (bicyclic) bond motifs is 5. The number of aliphatic hydroxyl groups excluding tert-OH is 1. The fourth-order valence-corrected chi connectivity index (χ4v) is 9.19. The van der Waals surface area contributed by atoms with Gasteiger partial charge in [0, 0.05) is 0 Å². The molecular formula is C25H40O. The van der Waals surface area contributed by atoms with Gasteiger partial charge in [-0.25, -0.2) is 0 Å². The summed E-state index contributed by atoms with van der Waals surface area (Å²) in [5.41, 5.74) is 2.51. The molecule has 0 saturated heterocycles. The molecule has 0 radical (unpaired) electrons. The van der Waals surface area contributed by atoms with Crippen molar-refractivity contribution in [3.05, 3.63) is 12.2 Å². The van der Waals surface area contributed by atoms with Gasteiger partial charge in [-0.2, -0.15) is 0 Å². The topological polar surface area (TPSA) is 20.2 Å². The van der Waals surface area contributed by atoms with Crippen LogP contribution in [0.5, 0.6) is 0 Å². The van der Waals surface area contributed by atoms with Gasteiger partial charge >= 0.3 is 0 Å². The maximum atomic E-state index is 10.3. The minimum Gasteiger partial charge on any atom is -0.393 e. The summed E-state index contributed by atoms with van der Waals surface area (Å²) < 4.78 is 0. The maximum Gasteiger partial charge on any atom is 0.0543 e. The molecule has 1 heteroatoms. The summed E-state index contributed by atoms with van der Waals surface area (Å²) >= 11 is 0. The Bertz CT molecular complexity index is 591. The highest BCUT2D eigenvalue weighted by Gasteiger charge is 2.64. The molecule has 146 valence electrons. The largest absolute Gasteiger partial charge is 0.393 e. The summed E-state index contributed by atoms with van der Waals surface area (Å²) in [5.74, 6) is 6.44. The molecule has 0 aliphatic heterocycles. The SMILES string of the molecule is C=C(C)C1CC(C2CC2)C2C3CCC4CC(O)CCC4(C)C3CCC12C. The second kappa shape index (κ2) is 5.85. The van der Waals surface area contributed by atoms with E-state index in [4.69, 9.17) is 0 Å². The van der Waals surface area contributed by atoms with Crippen molar-refractivity contribution in [2.75, 3.05) is 0 Å². The highest BCUT2D eigenvalue weighted by atomic mass is 16.3. The second-order valence-electron chi connectivity index (χ2n) is 11.7. The molecule has 0 aromatic heterocycles. The van der Waals surface area contributed by atoms with Crippen molar-refractivity contribution in [2.45, 2.75) is 91.1 Å². The van der Waals surface area contributed by atoms with Crippen molar-refractivity contribution in [3.8, 4) is 0 Å². The normalized spacial score (nSPS) is 56.4. The van der Waals surface area contributed by atoms with Gasteiger partial charge in [-0.1, -0.05) is 26.0 Å². The molecule has 5 fully saturated rings. The van der Waals surface area contributed by atoms with Gasteiger partial charge in [0.1, 0.15) is 0 Å². The summed E-state index contributed by atoms with van der Waals surface area (Å²) in [7, 11) is 0. The third-order valence-corrected chi connectivity index (χ3v) is 10.5. The van der Waals surface area contributed by atoms with Gasteiger partial charge in [0.2, 0.25) is 0 Å². The first-order valence-corrected chi connectivity index (χ1v) is 11.7. The van der Waals surface area contributed by atoms with Crippen LogP contribution in [-0.2, 0) is 0 Å². The van der Waals surface area contributed by atoms with E-state index in [9.17, 15) is 5.11 Å². The molecule has 0 spiro atoms. The van der Waals surface area contributed by atoms with Crippen molar-refractivity contribution >= 4 is 0 Å². The van der Waals surface area contributed by atoms with Crippen LogP contribution in [0.4, 0.5) is 0 Å². The fourth-order valence-electron chi connectivity index (χ4n) is 9.19. The lowest BCUT2D eigenvalue weighted by atomic mass is 9.44. The Hall–Kier alpha value is -0.300. The van der Waals surface area contributed by atoms with Crippen molar-refractivity contribution < 1.29 is 5.11 Å². The van der Waals surface area contributed by atoms with E-state index >= 15 is 0 Å². The number of rotatable bonds is 2. The van der Waals surface area contributed by atoms with Crippen LogP contribution in [0.3, 0.4) is 0 Å². The van der Waals surface area contributed by atoms with Crippen molar-refractivity contribution in [3.63, 3.8) is 0 Å². The quantitative estimate of drug-likeness (QED) is 0.582. The second-order valence-corrected chi connectivity index (χ2v) is 11.7. The Morgan fingerprint density at radius 3 is 2.31 bits per heavy atom. The van der Waals surface area contributed by atoms with Gasteiger partial charge in [0.15, 0.2) is 0 Å². The molecule has 5 saturated carbocycles. The molecule has 5 aliphatic carbocycles. The third-order valence-electron chi connectivity index (χ3n) is 10.5. The van der Waals surface area contributed by atoms with Crippen molar-refractivity contribution in [1.29, 1.82) is 0 Å². The van der Waals surface area contributed by atoms with Crippen molar-refractivity contribution in [1.82, 2.24) is 0 Å². The van der Waals surface area contributed by atoms with E-state index in [0.717, 1.165) is 54.3 Å². The van der Waals surface area contributed by atoms with Crippen LogP contribution in [0.1, 0.15) is 85.0 Å². The van der Waals surface area contributed by atoms with Crippen molar-refractivity contribution in [2.24, 2.45) is 52.3 Å². The molecule has 1 nitrogen and oxygen atoms in total. The van der Waals surface area contributed by atoms with Gasteiger partial charge < -0.3 is 5.11 Å². The lowest BCUT2D eigenvalue weighted by Crippen LogP contribution is -2.54. The Labute approximate surface area is 161 Å². The van der Waals surface area contributed by atoms with E-state index in [0.29, 0.717) is 10.8 Å². The minimum atomic E-state index is -0.0167. The Morgan fingerprint density at radius 1 is 0.885 bits per heavy atom. The smallest absolute Gasteiger partial charge is 0.0543 e. The summed E-state index contributed by atoms with van der Waals surface area (Å²) in [6, 6.07) is 0. The van der Waals surface area contributed by atoms with Crippen LogP contribution in [0.2, 0.25) is 0 Å². The zero-order valence-corrected chi connectivity index (χ0v) is 17.3. The molecule has 0 aromatic rings. The van der Waals surface area contributed by atoms with Gasteiger partial charge in [0.05, 0.1) is 6.10 Å². The van der Waals surface area contributed by atoms with Crippen LogP contribution in [0.25, 0.3) is 0 Å². The molecule has 9 atom stereocenters. The van der Waals surface area contributed by atoms with Crippen LogP contribution >= 0.6 is 0 Å². The molecular weight excluding hydrogens is 316 g/mol. The summed E-state index contributed by atoms with van der Waals surface area (Å²) in [4.78, 5) is 0. The van der Waals surface area contributed by atoms with Crippen LogP contribution < -0.4 is 0 Å².